The lowest BCUT2D eigenvalue weighted by molar-refractivity contribution is 0.598. The second-order valence-corrected chi connectivity index (χ2v) is 10.5. The van der Waals surface area contributed by atoms with Crippen molar-refractivity contribution in [3.8, 4) is 11.3 Å². The second kappa shape index (κ2) is 8.18. The standard InChI is InChI=1S/C33H27N5/c1-20-16-17-22(21(2)34-20)25-13-9-15-29(35-25)33(3,4)30-19-18-28-31(37-30)23-10-5-6-11-24(23)32-36-26-12-7-8-14-27(26)38(28)32/h5-19H,1-4H3. The lowest BCUT2D eigenvalue weighted by Crippen LogP contribution is -2.22. The van der Waals surface area contributed by atoms with Gasteiger partial charge in [-0.3, -0.25) is 14.4 Å². The largest absolute Gasteiger partial charge is 0.290 e. The first-order valence-electron chi connectivity index (χ1n) is 12.9. The van der Waals surface area contributed by atoms with Crippen LogP contribution in [-0.2, 0) is 5.41 Å². The summed E-state index contributed by atoms with van der Waals surface area (Å²) in [6.45, 7) is 8.44. The summed E-state index contributed by atoms with van der Waals surface area (Å²) < 4.78 is 2.24. The molecule has 0 N–H and O–H groups in total. The Morgan fingerprint density at radius 1 is 0.605 bits per heavy atom. The predicted molar refractivity (Wildman–Crippen MR) is 155 cm³/mol. The van der Waals surface area contributed by atoms with Gasteiger partial charge in [0, 0.05) is 33.1 Å². The molecular formula is C33H27N5. The average Bonchev–Trinajstić information content (AvgIpc) is 3.33. The van der Waals surface area contributed by atoms with Gasteiger partial charge in [0.15, 0.2) is 0 Å². The summed E-state index contributed by atoms with van der Waals surface area (Å²) in [5.74, 6) is 0. The highest BCUT2D eigenvalue weighted by Crippen LogP contribution is 2.35. The molecule has 0 spiro atoms. The van der Waals surface area contributed by atoms with E-state index in [1.54, 1.807) is 0 Å². The van der Waals surface area contributed by atoms with Gasteiger partial charge in [-0.25, -0.2) is 9.97 Å². The Kier molecular flexibility index (Phi) is 4.86. The van der Waals surface area contributed by atoms with Crippen molar-refractivity contribution in [1.29, 1.82) is 0 Å². The Balaban J connectivity index is 1.45. The van der Waals surface area contributed by atoms with Gasteiger partial charge >= 0.3 is 0 Å². The molecule has 5 heteroatoms. The average molecular weight is 494 g/mol. The van der Waals surface area contributed by atoms with Crippen LogP contribution in [0.2, 0.25) is 0 Å². The van der Waals surface area contributed by atoms with Crippen molar-refractivity contribution in [2.75, 3.05) is 0 Å². The maximum atomic E-state index is 5.32. The van der Waals surface area contributed by atoms with Gasteiger partial charge in [-0.05, 0) is 76.2 Å². The van der Waals surface area contributed by atoms with Gasteiger partial charge in [0.2, 0.25) is 0 Å². The summed E-state index contributed by atoms with van der Waals surface area (Å²) in [5, 5.41) is 2.20. The Morgan fingerprint density at radius 3 is 2.21 bits per heavy atom. The van der Waals surface area contributed by atoms with Gasteiger partial charge in [-0.15, -0.1) is 0 Å². The summed E-state index contributed by atoms with van der Waals surface area (Å²) in [6, 6.07) is 31.4. The van der Waals surface area contributed by atoms with Crippen LogP contribution in [0.1, 0.15) is 36.6 Å². The van der Waals surface area contributed by atoms with Crippen molar-refractivity contribution in [2.24, 2.45) is 0 Å². The fraction of sp³-hybridized carbons (Fsp3) is 0.152. The maximum absolute atomic E-state index is 5.32. The van der Waals surface area contributed by atoms with E-state index < -0.39 is 5.41 Å². The van der Waals surface area contributed by atoms with E-state index in [1.807, 2.05) is 26.0 Å². The van der Waals surface area contributed by atoms with Crippen LogP contribution in [0.5, 0.6) is 0 Å². The molecule has 38 heavy (non-hydrogen) atoms. The highest BCUT2D eigenvalue weighted by atomic mass is 15.0. The van der Waals surface area contributed by atoms with Crippen LogP contribution in [-0.4, -0.2) is 24.3 Å². The van der Waals surface area contributed by atoms with Crippen LogP contribution < -0.4 is 0 Å². The number of aryl methyl sites for hydroxylation is 2. The molecule has 0 radical (unpaired) electrons. The molecule has 0 aliphatic heterocycles. The molecule has 0 aliphatic carbocycles. The van der Waals surface area contributed by atoms with Gasteiger partial charge in [0.1, 0.15) is 5.65 Å². The molecule has 0 saturated carbocycles. The maximum Gasteiger partial charge on any atom is 0.146 e. The minimum Gasteiger partial charge on any atom is -0.290 e. The number of fused-ring (bicyclic) bond motifs is 8. The summed E-state index contributed by atoms with van der Waals surface area (Å²) in [7, 11) is 0. The zero-order valence-electron chi connectivity index (χ0n) is 21.9. The summed E-state index contributed by atoms with van der Waals surface area (Å²) in [4.78, 5) is 20.1. The van der Waals surface area contributed by atoms with Crippen LogP contribution in [0.4, 0.5) is 0 Å². The molecule has 0 bridgehead atoms. The number of para-hydroxylation sites is 2. The lowest BCUT2D eigenvalue weighted by Gasteiger charge is -2.25. The number of nitrogens with zero attached hydrogens (tertiary/aromatic N) is 5. The number of hydrogen-bond acceptors (Lipinski definition) is 4. The minimum atomic E-state index is -0.413. The summed E-state index contributed by atoms with van der Waals surface area (Å²) in [6.07, 6.45) is 0. The molecule has 184 valence electrons. The molecule has 2 aromatic carbocycles. The van der Waals surface area contributed by atoms with Crippen LogP contribution in [0.3, 0.4) is 0 Å². The Morgan fingerprint density at radius 2 is 1.37 bits per heavy atom. The monoisotopic (exact) mass is 493 g/mol. The van der Waals surface area contributed by atoms with Crippen LogP contribution >= 0.6 is 0 Å². The van der Waals surface area contributed by atoms with Gasteiger partial charge in [0.25, 0.3) is 0 Å². The van der Waals surface area contributed by atoms with Crippen LogP contribution in [0, 0.1) is 13.8 Å². The predicted octanol–water partition coefficient (Wildman–Crippen LogP) is 7.59. The molecule has 0 aliphatic rings. The van der Waals surface area contributed by atoms with Gasteiger partial charge < -0.3 is 0 Å². The van der Waals surface area contributed by atoms with Gasteiger partial charge in [-0.1, -0.05) is 42.5 Å². The number of benzene rings is 2. The quantitative estimate of drug-likeness (QED) is 0.238. The molecule has 7 aromatic rings. The molecule has 5 aromatic heterocycles. The van der Waals surface area contributed by atoms with Crippen molar-refractivity contribution in [2.45, 2.75) is 33.1 Å². The summed E-state index contributed by atoms with van der Waals surface area (Å²) in [5.41, 5.74) is 10.6. The zero-order chi connectivity index (χ0) is 26.0. The van der Waals surface area contributed by atoms with Crippen molar-refractivity contribution < 1.29 is 0 Å². The molecule has 0 saturated heterocycles. The zero-order valence-corrected chi connectivity index (χ0v) is 21.9. The van der Waals surface area contributed by atoms with Crippen LogP contribution in [0.25, 0.3) is 49.7 Å². The Bertz CT molecular complexity index is 2030. The number of imidazole rings is 1. The third kappa shape index (κ3) is 3.32. The number of rotatable bonds is 3. The van der Waals surface area contributed by atoms with Crippen molar-refractivity contribution in [1.82, 2.24) is 24.3 Å². The van der Waals surface area contributed by atoms with Gasteiger partial charge in [0.05, 0.1) is 39.1 Å². The van der Waals surface area contributed by atoms with E-state index in [0.717, 1.165) is 72.5 Å². The smallest absolute Gasteiger partial charge is 0.146 e. The Hall–Kier alpha value is -4.64. The SMILES string of the molecule is Cc1ccc(-c2cccc(C(C)(C)c3ccc4c(n3)c3ccccc3c3nc5ccccc5n43)n2)c(C)n1. The summed E-state index contributed by atoms with van der Waals surface area (Å²) >= 11 is 0. The highest BCUT2D eigenvalue weighted by Gasteiger charge is 2.28. The second-order valence-electron chi connectivity index (χ2n) is 10.5. The molecular weight excluding hydrogens is 466 g/mol. The minimum absolute atomic E-state index is 0.413. The van der Waals surface area contributed by atoms with E-state index in [2.05, 4.69) is 102 Å². The number of pyridine rings is 4. The first-order valence-corrected chi connectivity index (χ1v) is 12.9. The molecule has 0 atom stereocenters. The van der Waals surface area contributed by atoms with Crippen molar-refractivity contribution in [3.05, 3.63) is 114 Å². The van der Waals surface area contributed by atoms with Crippen molar-refractivity contribution in [3.63, 3.8) is 0 Å². The van der Waals surface area contributed by atoms with E-state index in [1.165, 1.54) is 0 Å². The third-order valence-corrected chi connectivity index (χ3v) is 7.63. The fourth-order valence-corrected chi connectivity index (χ4v) is 5.53. The van der Waals surface area contributed by atoms with Crippen molar-refractivity contribution >= 4 is 38.5 Å². The first-order chi connectivity index (χ1) is 18.4. The Labute approximate surface area is 220 Å². The van der Waals surface area contributed by atoms with E-state index in [0.29, 0.717) is 0 Å². The van der Waals surface area contributed by atoms with E-state index in [4.69, 9.17) is 15.0 Å². The van der Waals surface area contributed by atoms with E-state index in [9.17, 15) is 0 Å². The van der Waals surface area contributed by atoms with E-state index >= 15 is 0 Å². The highest BCUT2D eigenvalue weighted by molar-refractivity contribution is 6.12. The first kappa shape index (κ1) is 22.5. The molecule has 0 fully saturated rings. The molecule has 0 unspecified atom stereocenters. The van der Waals surface area contributed by atoms with E-state index in [-0.39, 0.29) is 0 Å². The lowest BCUT2D eigenvalue weighted by atomic mass is 9.84. The number of hydrogen-bond donors (Lipinski definition) is 0. The van der Waals surface area contributed by atoms with Crippen LogP contribution in [0.15, 0.2) is 91.0 Å². The topological polar surface area (TPSA) is 56.0 Å². The molecule has 0 amide bonds. The molecule has 7 rings (SSSR count). The van der Waals surface area contributed by atoms with Gasteiger partial charge in [-0.2, -0.15) is 0 Å². The molecule has 5 heterocycles. The molecule has 5 nitrogen and oxygen atoms in total. The number of aromatic nitrogens is 5. The normalized spacial score (nSPS) is 12.2. The fourth-order valence-electron chi connectivity index (χ4n) is 5.53. The third-order valence-electron chi connectivity index (χ3n) is 7.63.